The van der Waals surface area contributed by atoms with E-state index in [-0.39, 0.29) is 5.82 Å². The van der Waals surface area contributed by atoms with Crippen LogP contribution >= 0.6 is 0 Å². The Labute approximate surface area is 118 Å². The third kappa shape index (κ3) is 2.25. The minimum atomic E-state index is -0.193. The fourth-order valence-electron chi connectivity index (χ4n) is 2.38. The van der Waals surface area contributed by atoms with Crippen molar-refractivity contribution in [1.29, 1.82) is 0 Å². The number of fused-ring (bicyclic) bond motifs is 1. The second-order valence-electron chi connectivity index (χ2n) is 5.12. The van der Waals surface area contributed by atoms with E-state index in [4.69, 9.17) is 0 Å². The van der Waals surface area contributed by atoms with Gasteiger partial charge in [-0.2, -0.15) is 0 Å². The Morgan fingerprint density at radius 2 is 1.80 bits per heavy atom. The highest BCUT2D eigenvalue weighted by atomic mass is 19.1. The number of hydrogen-bond acceptors (Lipinski definition) is 1. The number of nitrogens with zero attached hydrogens (tertiary/aromatic N) is 1. The van der Waals surface area contributed by atoms with Crippen molar-refractivity contribution in [3.05, 3.63) is 71.0 Å². The van der Waals surface area contributed by atoms with Gasteiger partial charge in [-0.3, -0.25) is 0 Å². The summed E-state index contributed by atoms with van der Waals surface area (Å²) >= 11 is 0. The van der Waals surface area contributed by atoms with E-state index in [1.165, 1.54) is 5.56 Å². The third-order valence-electron chi connectivity index (χ3n) is 3.53. The summed E-state index contributed by atoms with van der Waals surface area (Å²) in [6, 6.07) is 13.5. The molecule has 0 amide bonds. The SMILES string of the molecule is CN(C)c1ccc(/C=C2/C=Cc3ccccc32)c(F)c1. The van der Waals surface area contributed by atoms with Crippen LogP contribution in [0.15, 0.2) is 48.5 Å². The van der Waals surface area contributed by atoms with Crippen LogP contribution < -0.4 is 4.90 Å². The summed E-state index contributed by atoms with van der Waals surface area (Å²) in [5, 5.41) is 0. The first kappa shape index (κ1) is 12.7. The van der Waals surface area contributed by atoms with Crippen molar-refractivity contribution in [3.8, 4) is 0 Å². The molecule has 20 heavy (non-hydrogen) atoms. The second-order valence-corrected chi connectivity index (χ2v) is 5.12. The van der Waals surface area contributed by atoms with Crippen molar-refractivity contribution in [2.24, 2.45) is 0 Å². The van der Waals surface area contributed by atoms with Gasteiger partial charge in [-0.25, -0.2) is 4.39 Å². The minimum Gasteiger partial charge on any atom is -0.378 e. The molecule has 0 radical (unpaired) electrons. The first-order chi connectivity index (χ1) is 9.65. The smallest absolute Gasteiger partial charge is 0.132 e. The van der Waals surface area contributed by atoms with Crippen molar-refractivity contribution >= 4 is 23.4 Å². The molecular formula is C18H16FN. The van der Waals surface area contributed by atoms with Gasteiger partial charge >= 0.3 is 0 Å². The van der Waals surface area contributed by atoms with E-state index >= 15 is 0 Å². The zero-order valence-corrected chi connectivity index (χ0v) is 11.6. The molecule has 1 nitrogen and oxygen atoms in total. The van der Waals surface area contributed by atoms with E-state index in [0.717, 1.165) is 16.8 Å². The number of anilines is 1. The van der Waals surface area contributed by atoms with Crippen LogP contribution in [0.1, 0.15) is 16.7 Å². The van der Waals surface area contributed by atoms with Crippen molar-refractivity contribution in [3.63, 3.8) is 0 Å². The van der Waals surface area contributed by atoms with Gasteiger partial charge in [0.1, 0.15) is 5.82 Å². The maximum Gasteiger partial charge on any atom is 0.132 e. The molecular weight excluding hydrogens is 249 g/mol. The predicted molar refractivity (Wildman–Crippen MR) is 84.1 cm³/mol. The lowest BCUT2D eigenvalue weighted by atomic mass is 10.0. The Morgan fingerprint density at radius 3 is 2.55 bits per heavy atom. The van der Waals surface area contributed by atoms with E-state index in [0.29, 0.717) is 5.56 Å². The molecule has 0 saturated heterocycles. The minimum absolute atomic E-state index is 0.193. The molecule has 2 aromatic carbocycles. The molecule has 2 heteroatoms. The molecule has 0 bridgehead atoms. The summed E-state index contributed by atoms with van der Waals surface area (Å²) in [4.78, 5) is 1.89. The monoisotopic (exact) mass is 265 g/mol. The quantitative estimate of drug-likeness (QED) is 0.775. The van der Waals surface area contributed by atoms with Gasteiger partial charge in [-0.1, -0.05) is 36.4 Å². The van der Waals surface area contributed by atoms with E-state index in [1.807, 2.05) is 55.4 Å². The van der Waals surface area contributed by atoms with E-state index in [9.17, 15) is 4.39 Å². The maximum absolute atomic E-state index is 14.1. The molecule has 0 spiro atoms. The highest BCUT2D eigenvalue weighted by molar-refractivity contribution is 5.97. The third-order valence-corrected chi connectivity index (χ3v) is 3.53. The summed E-state index contributed by atoms with van der Waals surface area (Å²) in [6.07, 6.45) is 5.99. The molecule has 0 fully saturated rings. The van der Waals surface area contributed by atoms with Crippen LogP contribution in [-0.4, -0.2) is 14.1 Å². The van der Waals surface area contributed by atoms with Gasteiger partial charge in [0, 0.05) is 25.3 Å². The predicted octanol–water partition coefficient (Wildman–Crippen LogP) is 4.46. The van der Waals surface area contributed by atoms with Crippen LogP contribution in [0.2, 0.25) is 0 Å². The summed E-state index contributed by atoms with van der Waals surface area (Å²) in [5.74, 6) is -0.193. The second kappa shape index (κ2) is 4.97. The number of halogens is 1. The maximum atomic E-state index is 14.1. The summed E-state index contributed by atoms with van der Waals surface area (Å²) < 4.78 is 14.1. The molecule has 3 rings (SSSR count). The van der Waals surface area contributed by atoms with Gasteiger partial charge in [-0.05, 0) is 41.0 Å². The van der Waals surface area contributed by atoms with Gasteiger partial charge in [0.25, 0.3) is 0 Å². The van der Waals surface area contributed by atoms with Crippen LogP contribution in [0.5, 0.6) is 0 Å². The molecule has 0 saturated carbocycles. The molecule has 0 atom stereocenters. The molecule has 0 aromatic heterocycles. The molecule has 0 heterocycles. The Morgan fingerprint density at radius 1 is 1.00 bits per heavy atom. The Balaban J connectivity index is 2.00. The Bertz CT molecular complexity index is 711. The lowest BCUT2D eigenvalue weighted by Crippen LogP contribution is -2.08. The number of benzene rings is 2. The molecule has 0 aliphatic heterocycles. The molecule has 1 aliphatic rings. The van der Waals surface area contributed by atoms with E-state index in [2.05, 4.69) is 18.2 Å². The Kier molecular flexibility index (Phi) is 3.15. The van der Waals surface area contributed by atoms with Crippen molar-refractivity contribution in [2.45, 2.75) is 0 Å². The molecule has 2 aromatic rings. The van der Waals surface area contributed by atoms with Crippen LogP contribution in [0.4, 0.5) is 10.1 Å². The molecule has 0 unspecified atom stereocenters. The van der Waals surface area contributed by atoms with E-state index < -0.39 is 0 Å². The average molecular weight is 265 g/mol. The lowest BCUT2D eigenvalue weighted by Gasteiger charge is -2.13. The van der Waals surface area contributed by atoms with Gasteiger partial charge in [0.2, 0.25) is 0 Å². The standard InChI is InChI=1S/C18H16FN/c1-20(2)16-10-9-15(18(19)12-16)11-14-8-7-13-5-3-4-6-17(13)14/h3-12H,1-2H3/b14-11-. The lowest BCUT2D eigenvalue weighted by molar-refractivity contribution is 0.625. The van der Waals surface area contributed by atoms with Crippen molar-refractivity contribution in [2.75, 3.05) is 19.0 Å². The number of allylic oxidation sites excluding steroid dienone is 2. The van der Waals surface area contributed by atoms with Crippen LogP contribution in [0.3, 0.4) is 0 Å². The first-order valence-electron chi connectivity index (χ1n) is 6.61. The molecule has 0 N–H and O–H groups in total. The van der Waals surface area contributed by atoms with Crippen molar-refractivity contribution in [1.82, 2.24) is 0 Å². The van der Waals surface area contributed by atoms with Crippen molar-refractivity contribution < 1.29 is 4.39 Å². The zero-order chi connectivity index (χ0) is 14.1. The summed E-state index contributed by atoms with van der Waals surface area (Å²) in [7, 11) is 3.81. The largest absolute Gasteiger partial charge is 0.378 e. The zero-order valence-electron chi connectivity index (χ0n) is 11.6. The number of hydrogen-bond donors (Lipinski definition) is 0. The fourth-order valence-corrected chi connectivity index (χ4v) is 2.38. The van der Waals surface area contributed by atoms with Crippen LogP contribution in [-0.2, 0) is 0 Å². The summed E-state index contributed by atoms with van der Waals surface area (Å²) in [6.45, 7) is 0. The average Bonchev–Trinajstić information content (AvgIpc) is 2.84. The first-order valence-corrected chi connectivity index (χ1v) is 6.61. The van der Waals surface area contributed by atoms with Gasteiger partial charge in [0.15, 0.2) is 0 Å². The highest BCUT2D eigenvalue weighted by Gasteiger charge is 2.10. The summed E-state index contributed by atoms with van der Waals surface area (Å²) in [5.41, 5.74) is 4.88. The highest BCUT2D eigenvalue weighted by Crippen LogP contribution is 2.31. The van der Waals surface area contributed by atoms with E-state index in [1.54, 1.807) is 6.07 Å². The topological polar surface area (TPSA) is 3.24 Å². The molecule has 100 valence electrons. The Hall–Kier alpha value is -2.35. The van der Waals surface area contributed by atoms with Gasteiger partial charge in [-0.15, -0.1) is 0 Å². The van der Waals surface area contributed by atoms with Crippen LogP contribution in [0, 0.1) is 5.82 Å². The normalized spacial score (nSPS) is 14.7. The molecule has 1 aliphatic carbocycles. The van der Waals surface area contributed by atoms with Gasteiger partial charge in [0.05, 0.1) is 0 Å². The van der Waals surface area contributed by atoms with Gasteiger partial charge < -0.3 is 4.90 Å². The van der Waals surface area contributed by atoms with Crippen LogP contribution in [0.25, 0.3) is 17.7 Å². The fraction of sp³-hybridized carbons (Fsp3) is 0.111. The number of rotatable bonds is 2.